The Kier molecular flexibility index (Phi) is 5.65. The van der Waals surface area contributed by atoms with Gasteiger partial charge in [0, 0.05) is 24.7 Å². The predicted molar refractivity (Wildman–Crippen MR) is 102 cm³/mol. The third-order valence-electron chi connectivity index (χ3n) is 4.53. The Morgan fingerprint density at radius 3 is 2.38 bits per heavy atom. The van der Waals surface area contributed by atoms with Gasteiger partial charge in [-0.1, -0.05) is 35.9 Å². The number of aryl methyl sites for hydroxylation is 1. The largest absolute Gasteiger partial charge is 0.349 e. The van der Waals surface area contributed by atoms with Crippen LogP contribution in [0.2, 0.25) is 5.02 Å². The van der Waals surface area contributed by atoms with Crippen molar-refractivity contribution in [3.05, 3.63) is 64.7 Å². The van der Waals surface area contributed by atoms with Gasteiger partial charge in [-0.3, -0.25) is 4.79 Å². The fourth-order valence-electron chi connectivity index (χ4n) is 3.05. The van der Waals surface area contributed by atoms with Gasteiger partial charge in [0.05, 0.1) is 5.02 Å². The molecule has 3 rings (SSSR count). The Morgan fingerprint density at radius 2 is 1.77 bits per heavy atom. The Hall–Kier alpha value is -1.89. The molecule has 1 aliphatic heterocycles. The second kappa shape index (κ2) is 7.78. The number of rotatable bonds is 4. The molecule has 1 saturated heterocycles. The summed E-state index contributed by atoms with van der Waals surface area (Å²) in [6.45, 7) is 2.57. The predicted octanol–water partition coefficient (Wildman–Crippen LogP) is 3.23. The fraction of sp³-hybridized carbons (Fsp3) is 0.316. The van der Waals surface area contributed by atoms with E-state index in [9.17, 15) is 13.2 Å². The summed E-state index contributed by atoms with van der Waals surface area (Å²) in [5.41, 5.74) is 1.52. The maximum absolute atomic E-state index is 12.8. The molecule has 138 valence electrons. The number of hydrogen-bond acceptors (Lipinski definition) is 3. The van der Waals surface area contributed by atoms with E-state index in [2.05, 4.69) is 5.32 Å². The highest BCUT2D eigenvalue weighted by Crippen LogP contribution is 2.27. The highest BCUT2D eigenvalue weighted by atomic mass is 35.5. The first kappa shape index (κ1) is 18.9. The monoisotopic (exact) mass is 392 g/mol. The number of sulfonamides is 1. The van der Waals surface area contributed by atoms with E-state index >= 15 is 0 Å². The summed E-state index contributed by atoms with van der Waals surface area (Å²) < 4.78 is 27.1. The molecule has 7 heteroatoms. The number of nitrogens with one attached hydrogen (secondary N) is 1. The number of carbonyl (C=O) groups excluding carboxylic acids is 1. The lowest BCUT2D eigenvalue weighted by Gasteiger charge is -2.31. The molecule has 1 fully saturated rings. The van der Waals surface area contributed by atoms with Crippen molar-refractivity contribution in [2.24, 2.45) is 0 Å². The van der Waals surface area contributed by atoms with Crippen molar-refractivity contribution in [3.8, 4) is 0 Å². The SMILES string of the molecule is Cc1ccc(S(=O)(=O)N2CCC(NC(=O)c3ccccc3)CC2)c(Cl)c1. The number of piperidine rings is 1. The van der Waals surface area contributed by atoms with Gasteiger partial charge in [0.2, 0.25) is 10.0 Å². The molecule has 1 heterocycles. The zero-order chi connectivity index (χ0) is 18.7. The van der Waals surface area contributed by atoms with E-state index < -0.39 is 10.0 Å². The number of benzene rings is 2. The Labute approximate surface area is 159 Å². The van der Waals surface area contributed by atoms with Crippen molar-refractivity contribution in [3.63, 3.8) is 0 Å². The minimum Gasteiger partial charge on any atom is -0.349 e. The minimum absolute atomic E-state index is 0.0392. The molecule has 1 aliphatic rings. The molecule has 0 aromatic heterocycles. The number of nitrogens with zero attached hydrogens (tertiary/aromatic N) is 1. The van der Waals surface area contributed by atoms with E-state index in [1.54, 1.807) is 30.3 Å². The first-order chi connectivity index (χ1) is 12.4. The quantitative estimate of drug-likeness (QED) is 0.868. The van der Waals surface area contributed by atoms with Crippen LogP contribution < -0.4 is 5.32 Å². The summed E-state index contributed by atoms with van der Waals surface area (Å²) in [7, 11) is -3.62. The van der Waals surface area contributed by atoms with E-state index in [0.29, 0.717) is 31.5 Å². The molecule has 0 bridgehead atoms. The first-order valence-electron chi connectivity index (χ1n) is 8.50. The first-order valence-corrected chi connectivity index (χ1v) is 10.3. The molecule has 0 atom stereocenters. The molecule has 5 nitrogen and oxygen atoms in total. The van der Waals surface area contributed by atoms with E-state index in [1.165, 1.54) is 4.31 Å². The third-order valence-corrected chi connectivity index (χ3v) is 6.91. The number of amides is 1. The van der Waals surface area contributed by atoms with Crippen molar-refractivity contribution < 1.29 is 13.2 Å². The van der Waals surface area contributed by atoms with Crippen LogP contribution in [0.5, 0.6) is 0 Å². The Bertz CT molecular complexity index is 892. The maximum Gasteiger partial charge on any atom is 0.251 e. The van der Waals surface area contributed by atoms with Crippen LogP contribution in [0, 0.1) is 6.92 Å². The zero-order valence-corrected chi connectivity index (χ0v) is 16.1. The van der Waals surface area contributed by atoms with Crippen LogP contribution in [0.15, 0.2) is 53.4 Å². The molecule has 2 aromatic rings. The Balaban J connectivity index is 1.63. The van der Waals surface area contributed by atoms with Crippen LogP contribution in [-0.2, 0) is 10.0 Å². The molecule has 0 spiro atoms. The van der Waals surface area contributed by atoms with Gasteiger partial charge in [0.15, 0.2) is 0 Å². The molecular weight excluding hydrogens is 372 g/mol. The van der Waals surface area contributed by atoms with Gasteiger partial charge in [-0.15, -0.1) is 0 Å². The van der Waals surface area contributed by atoms with E-state index in [0.717, 1.165) is 5.56 Å². The number of halogens is 1. The molecule has 1 amide bonds. The summed E-state index contributed by atoms with van der Waals surface area (Å²) in [6.07, 6.45) is 1.14. The van der Waals surface area contributed by atoms with Crippen LogP contribution >= 0.6 is 11.6 Å². The van der Waals surface area contributed by atoms with Gasteiger partial charge < -0.3 is 5.32 Å². The Morgan fingerprint density at radius 1 is 1.12 bits per heavy atom. The summed E-state index contributed by atoms with van der Waals surface area (Å²) in [5, 5.41) is 3.22. The fourth-order valence-corrected chi connectivity index (χ4v) is 5.10. The molecule has 0 unspecified atom stereocenters. The normalized spacial score (nSPS) is 16.4. The standard InChI is InChI=1S/C19H21ClN2O3S/c1-14-7-8-18(17(20)13-14)26(24,25)22-11-9-16(10-12-22)21-19(23)15-5-3-2-4-6-15/h2-8,13,16H,9-12H2,1H3,(H,21,23). The maximum atomic E-state index is 12.8. The van der Waals surface area contributed by atoms with E-state index in [1.807, 2.05) is 25.1 Å². The molecule has 0 radical (unpaired) electrons. The molecular formula is C19H21ClN2O3S. The van der Waals surface area contributed by atoms with Gasteiger partial charge in [-0.25, -0.2) is 8.42 Å². The summed E-state index contributed by atoms with van der Waals surface area (Å²) >= 11 is 6.14. The number of hydrogen-bond donors (Lipinski definition) is 1. The lowest BCUT2D eigenvalue weighted by atomic mass is 10.1. The van der Waals surface area contributed by atoms with Crippen molar-refractivity contribution >= 4 is 27.5 Å². The molecule has 2 aromatic carbocycles. The highest BCUT2D eigenvalue weighted by Gasteiger charge is 2.31. The molecule has 26 heavy (non-hydrogen) atoms. The zero-order valence-electron chi connectivity index (χ0n) is 14.5. The van der Waals surface area contributed by atoms with Gasteiger partial charge >= 0.3 is 0 Å². The topological polar surface area (TPSA) is 66.5 Å². The van der Waals surface area contributed by atoms with Crippen LogP contribution in [0.3, 0.4) is 0 Å². The molecule has 1 N–H and O–H groups in total. The smallest absolute Gasteiger partial charge is 0.251 e. The van der Waals surface area contributed by atoms with Gasteiger partial charge in [-0.05, 0) is 49.6 Å². The average Bonchev–Trinajstić information content (AvgIpc) is 2.62. The van der Waals surface area contributed by atoms with Gasteiger partial charge in [-0.2, -0.15) is 4.31 Å². The van der Waals surface area contributed by atoms with E-state index in [4.69, 9.17) is 11.6 Å². The average molecular weight is 393 g/mol. The van der Waals surface area contributed by atoms with Crippen molar-refractivity contribution in [1.82, 2.24) is 9.62 Å². The number of carbonyl (C=O) groups is 1. The molecule has 0 aliphatic carbocycles. The van der Waals surface area contributed by atoms with Crippen LogP contribution in [0.25, 0.3) is 0 Å². The van der Waals surface area contributed by atoms with Gasteiger partial charge in [0.25, 0.3) is 5.91 Å². The molecule has 0 saturated carbocycles. The van der Waals surface area contributed by atoms with Crippen molar-refractivity contribution in [2.75, 3.05) is 13.1 Å². The van der Waals surface area contributed by atoms with Crippen LogP contribution in [0.4, 0.5) is 0 Å². The second-order valence-electron chi connectivity index (χ2n) is 6.45. The van der Waals surface area contributed by atoms with Crippen molar-refractivity contribution in [1.29, 1.82) is 0 Å². The van der Waals surface area contributed by atoms with Crippen molar-refractivity contribution in [2.45, 2.75) is 30.7 Å². The lowest BCUT2D eigenvalue weighted by Crippen LogP contribution is -2.46. The lowest BCUT2D eigenvalue weighted by molar-refractivity contribution is 0.0924. The van der Waals surface area contributed by atoms with Gasteiger partial charge in [0.1, 0.15) is 4.90 Å². The van der Waals surface area contributed by atoms with Crippen LogP contribution in [0.1, 0.15) is 28.8 Å². The third kappa shape index (κ3) is 4.09. The minimum atomic E-state index is -3.62. The highest BCUT2D eigenvalue weighted by molar-refractivity contribution is 7.89. The summed E-state index contributed by atoms with van der Waals surface area (Å²) in [4.78, 5) is 12.4. The second-order valence-corrected chi connectivity index (χ2v) is 8.77. The van der Waals surface area contributed by atoms with Crippen LogP contribution in [-0.4, -0.2) is 37.8 Å². The summed E-state index contributed by atoms with van der Waals surface area (Å²) in [5.74, 6) is -0.131. The van der Waals surface area contributed by atoms with E-state index in [-0.39, 0.29) is 21.9 Å². The summed E-state index contributed by atoms with van der Waals surface area (Å²) in [6, 6.07) is 13.9.